The number of aromatic nitrogens is 1. The van der Waals surface area contributed by atoms with Gasteiger partial charge in [-0.3, -0.25) is 0 Å². The first-order chi connectivity index (χ1) is 6.22. The standard InChI is InChI=1S/C10H12NOS/c1-7-4-5-9-8(6-7)11(2)10(12-9)13-3/h4-6H,1-3H3/q+1. The molecule has 2 nitrogen and oxygen atoms in total. The van der Waals surface area contributed by atoms with Crippen LogP contribution >= 0.6 is 11.8 Å². The molecule has 2 rings (SSSR count). The highest BCUT2D eigenvalue weighted by Crippen LogP contribution is 2.19. The van der Waals surface area contributed by atoms with Crippen LogP contribution in [0.1, 0.15) is 5.56 Å². The van der Waals surface area contributed by atoms with Gasteiger partial charge in [-0.2, -0.15) is 4.57 Å². The summed E-state index contributed by atoms with van der Waals surface area (Å²) in [6, 6.07) is 6.22. The zero-order chi connectivity index (χ0) is 9.42. The molecule has 1 heterocycles. The number of rotatable bonds is 1. The van der Waals surface area contributed by atoms with Gasteiger partial charge in [0.2, 0.25) is 5.58 Å². The van der Waals surface area contributed by atoms with Crippen molar-refractivity contribution in [1.82, 2.24) is 0 Å². The van der Waals surface area contributed by atoms with Crippen LogP contribution < -0.4 is 4.57 Å². The lowest BCUT2D eigenvalue weighted by molar-refractivity contribution is -0.692. The lowest BCUT2D eigenvalue weighted by Crippen LogP contribution is -2.28. The summed E-state index contributed by atoms with van der Waals surface area (Å²) in [5.74, 6) is 0. The monoisotopic (exact) mass is 194 g/mol. The molecule has 0 aliphatic rings. The minimum absolute atomic E-state index is 0.945. The predicted octanol–water partition coefficient (Wildman–Crippen LogP) is 2.29. The number of benzene rings is 1. The molecule has 0 saturated carbocycles. The molecule has 1 aromatic carbocycles. The number of aryl methyl sites for hydroxylation is 2. The number of hydrogen-bond donors (Lipinski definition) is 0. The van der Waals surface area contributed by atoms with Crippen molar-refractivity contribution in [2.45, 2.75) is 12.1 Å². The lowest BCUT2D eigenvalue weighted by Gasteiger charge is -1.86. The summed E-state index contributed by atoms with van der Waals surface area (Å²) in [4.78, 5) is 0. The van der Waals surface area contributed by atoms with Crippen LogP contribution in [0.25, 0.3) is 11.1 Å². The molecule has 0 atom stereocenters. The molecule has 13 heavy (non-hydrogen) atoms. The Bertz CT molecular complexity index is 447. The molecule has 0 spiro atoms. The van der Waals surface area contributed by atoms with Gasteiger partial charge in [0.15, 0.2) is 0 Å². The average molecular weight is 194 g/mol. The molecular weight excluding hydrogens is 182 g/mol. The van der Waals surface area contributed by atoms with Crippen LogP contribution in [0.2, 0.25) is 0 Å². The smallest absolute Gasteiger partial charge is 0.393 e. The molecule has 1 aromatic heterocycles. The number of fused-ring (bicyclic) bond motifs is 1. The Morgan fingerprint density at radius 2 is 2.15 bits per heavy atom. The Kier molecular flexibility index (Phi) is 2.04. The largest absolute Gasteiger partial charge is 0.411 e. The summed E-state index contributed by atoms with van der Waals surface area (Å²) in [6.45, 7) is 2.09. The van der Waals surface area contributed by atoms with Gasteiger partial charge in [0.1, 0.15) is 7.05 Å². The number of thioether (sulfide) groups is 1. The Balaban J connectivity index is 2.77. The van der Waals surface area contributed by atoms with Crippen LogP contribution in [0.3, 0.4) is 0 Å². The van der Waals surface area contributed by atoms with E-state index >= 15 is 0 Å². The fourth-order valence-corrected chi connectivity index (χ4v) is 1.96. The van der Waals surface area contributed by atoms with Gasteiger partial charge in [0.05, 0.1) is 0 Å². The van der Waals surface area contributed by atoms with Gasteiger partial charge >= 0.3 is 5.22 Å². The summed E-state index contributed by atoms with van der Waals surface area (Å²) in [5, 5.41) is 0.945. The zero-order valence-electron chi connectivity index (χ0n) is 8.00. The van der Waals surface area contributed by atoms with Crippen molar-refractivity contribution < 1.29 is 8.98 Å². The van der Waals surface area contributed by atoms with Crippen molar-refractivity contribution in [3.8, 4) is 0 Å². The van der Waals surface area contributed by atoms with Crippen LogP contribution in [-0.2, 0) is 7.05 Å². The number of nitrogens with zero attached hydrogens (tertiary/aromatic N) is 1. The molecule has 0 unspecified atom stereocenters. The second-order valence-corrected chi connectivity index (χ2v) is 3.86. The van der Waals surface area contributed by atoms with Gasteiger partial charge < -0.3 is 4.42 Å². The van der Waals surface area contributed by atoms with E-state index in [2.05, 4.69) is 23.6 Å². The van der Waals surface area contributed by atoms with E-state index in [1.54, 1.807) is 11.8 Å². The second-order valence-electron chi connectivity index (χ2n) is 3.10. The highest BCUT2D eigenvalue weighted by Gasteiger charge is 2.17. The van der Waals surface area contributed by atoms with Gasteiger partial charge in [-0.1, -0.05) is 6.07 Å². The van der Waals surface area contributed by atoms with Crippen molar-refractivity contribution in [3.05, 3.63) is 23.8 Å². The minimum atomic E-state index is 0.945. The number of oxazole rings is 1. The fraction of sp³-hybridized carbons (Fsp3) is 0.300. The first kappa shape index (κ1) is 8.63. The molecule has 0 amide bonds. The van der Waals surface area contributed by atoms with E-state index in [0.717, 1.165) is 16.3 Å². The Morgan fingerprint density at radius 1 is 1.38 bits per heavy atom. The quantitative estimate of drug-likeness (QED) is 0.512. The Morgan fingerprint density at radius 3 is 2.85 bits per heavy atom. The van der Waals surface area contributed by atoms with Gasteiger partial charge in [0, 0.05) is 6.07 Å². The molecule has 68 valence electrons. The van der Waals surface area contributed by atoms with Gasteiger partial charge in [-0.25, -0.2) is 0 Å². The molecule has 0 fully saturated rings. The predicted molar refractivity (Wildman–Crippen MR) is 53.9 cm³/mol. The summed E-state index contributed by atoms with van der Waals surface area (Å²) < 4.78 is 7.71. The normalized spacial score (nSPS) is 11.0. The van der Waals surface area contributed by atoms with Crippen LogP contribution in [0.15, 0.2) is 27.8 Å². The fourth-order valence-electron chi connectivity index (χ4n) is 1.42. The summed E-state index contributed by atoms with van der Waals surface area (Å²) in [6.07, 6.45) is 2.02. The average Bonchev–Trinajstić information content (AvgIpc) is 2.44. The Labute approximate surface area is 81.6 Å². The van der Waals surface area contributed by atoms with Crippen molar-refractivity contribution in [2.24, 2.45) is 7.05 Å². The summed E-state index contributed by atoms with van der Waals surface area (Å²) in [7, 11) is 2.02. The van der Waals surface area contributed by atoms with Crippen molar-refractivity contribution in [2.75, 3.05) is 6.26 Å². The lowest BCUT2D eigenvalue weighted by atomic mass is 10.2. The van der Waals surface area contributed by atoms with Gasteiger partial charge in [-0.15, -0.1) is 0 Å². The molecule has 0 aliphatic carbocycles. The molecule has 0 bridgehead atoms. The molecule has 0 N–H and O–H groups in total. The van der Waals surface area contributed by atoms with Crippen LogP contribution in [0.4, 0.5) is 0 Å². The third kappa shape index (κ3) is 1.33. The molecule has 0 saturated heterocycles. The van der Waals surface area contributed by atoms with E-state index in [9.17, 15) is 0 Å². The maximum Gasteiger partial charge on any atom is 0.411 e. The molecule has 3 heteroatoms. The molecule has 2 aromatic rings. The third-order valence-electron chi connectivity index (χ3n) is 2.12. The number of hydrogen-bond acceptors (Lipinski definition) is 2. The van der Waals surface area contributed by atoms with E-state index < -0.39 is 0 Å². The zero-order valence-corrected chi connectivity index (χ0v) is 8.81. The maximum atomic E-state index is 5.63. The topological polar surface area (TPSA) is 17.0 Å². The van der Waals surface area contributed by atoms with E-state index in [0.29, 0.717) is 0 Å². The first-order valence-electron chi connectivity index (χ1n) is 4.15. The van der Waals surface area contributed by atoms with Crippen LogP contribution in [0.5, 0.6) is 0 Å². The van der Waals surface area contributed by atoms with Crippen molar-refractivity contribution in [3.63, 3.8) is 0 Å². The van der Waals surface area contributed by atoms with Crippen molar-refractivity contribution in [1.29, 1.82) is 0 Å². The van der Waals surface area contributed by atoms with Gasteiger partial charge in [-0.05, 0) is 36.6 Å². The van der Waals surface area contributed by atoms with Crippen LogP contribution in [0, 0.1) is 6.92 Å². The van der Waals surface area contributed by atoms with Crippen LogP contribution in [-0.4, -0.2) is 6.26 Å². The highest BCUT2D eigenvalue weighted by molar-refractivity contribution is 7.98. The van der Waals surface area contributed by atoms with Gasteiger partial charge in [0.25, 0.3) is 5.52 Å². The second kappa shape index (κ2) is 3.07. The Hall–Kier alpha value is -0.960. The summed E-state index contributed by atoms with van der Waals surface area (Å²) >= 11 is 1.62. The van der Waals surface area contributed by atoms with E-state index in [1.165, 1.54) is 5.56 Å². The van der Waals surface area contributed by atoms with Crippen molar-refractivity contribution >= 4 is 22.9 Å². The third-order valence-corrected chi connectivity index (χ3v) is 2.83. The molecule has 0 aliphatic heterocycles. The van der Waals surface area contributed by atoms with E-state index in [1.807, 2.05) is 19.4 Å². The van der Waals surface area contributed by atoms with E-state index in [4.69, 9.17) is 4.42 Å². The molecular formula is C10H12NOS+. The first-order valence-corrected chi connectivity index (χ1v) is 5.38. The molecule has 0 radical (unpaired) electrons. The summed E-state index contributed by atoms with van der Waals surface area (Å²) in [5.41, 5.74) is 3.37. The minimum Gasteiger partial charge on any atom is -0.393 e. The maximum absolute atomic E-state index is 5.63. The van der Waals surface area contributed by atoms with E-state index in [-0.39, 0.29) is 0 Å². The highest BCUT2D eigenvalue weighted by atomic mass is 32.2. The SMILES string of the molecule is CSc1oc2ccc(C)cc2[n+]1C.